The molecule has 36 heavy (non-hydrogen) atoms. The van der Waals surface area contributed by atoms with Crippen LogP contribution in [-0.4, -0.2) is 28.0 Å². The molecule has 6 nitrogen and oxygen atoms in total. The molecule has 0 fully saturated rings. The molecule has 0 radical (unpaired) electrons. The molecule has 4 rings (SSSR count). The van der Waals surface area contributed by atoms with Gasteiger partial charge in [0.15, 0.2) is 0 Å². The second-order valence-corrected chi connectivity index (χ2v) is 10.5. The summed E-state index contributed by atoms with van der Waals surface area (Å²) >= 11 is 0. The summed E-state index contributed by atoms with van der Waals surface area (Å²) in [7, 11) is 0. The molecule has 0 saturated carbocycles. The van der Waals surface area contributed by atoms with E-state index in [1.54, 1.807) is 4.90 Å². The van der Waals surface area contributed by atoms with Gasteiger partial charge in [0.1, 0.15) is 17.5 Å². The molecule has 2 aromatic heterocycles. The van der Waals surface area contributed by atoms with Crippen LogP contribution in [0.2, 0.25) is 0 Å². The number of nitrogens with two attached hydrogens (primary N) is 1. The maximum Gasteiger partial charge on any atom is 0.419 e. The van der Waals surface area contributed by atoms with E-state index in [1.807, 2.05) is 32.0 Å². The van der Waals surface area contributed by atoms with Crippen molar-refractivity contribution in [2.75, 3.05) is 29.0 Å². The molecule has 3 heterocycles. The van der Waals surface area contributed by atoms with Crippen molar-refractivity contribution in [1.82, 2.24) is 15.0 Å². The maximum absolute atomic E-state index is 13.6. The number of aromatic nitrogens is 3. The molecule has 0 unspecified atom stereocenters. The van der Waals surface area contributed by atoms with Gasteiger partial charge in [-0.15, -0.1) is 0 Å². The number of nitrogens with zero attached hydrogens (tertiary/aromatic N) is 4. The Morgan fingerprint density at radius 1 is 1.00 bits per heavy atom. The van der Waals surface area contributed by atoms with Gasteiger partial charge in [-0.1, -0.05) is 40.7 Å². The highest BCUT2D eigenvalue weighted by molar-refractivity contribution is 5.67. The predicted molar refractivity (Wildman–Crippen MR) is 138 cm³/mol. The van der Waals surface area contributed by atoms with Gasteiger partial charge in [-0.25, -0.2) is 15.0 Å². The summed E-state index contributed by atoms with van der Waals surface area (Å²) in [5, 5.41) is 3.42. The lowest BCUT2D eigenvalue weighted by molar-refractivity contribution is -0.137. The number of hydrogen-bond donors (Lipinski definition) is 2. The van der Waals surface area contributed by atoms with E-state index in [-0.39, 0.29) is 17.2 Å². The first-order valence-electron chi connectivity index (χ1n) is 12.2. The third-order valence-corrected chi connectivity index (χ3v) is 6.39. The second kappa shape index (κ2) is 9.59. The second-order valence-electron chi connectivity index (χ2n) is 10.5. The summed E-state index contributed by atoms with van der Waals surface area (Å²) in [5.74, 6) is 1.41. The number of pyridine rings is 1. The normalized spacial score (nSPS) is 14.5. The van der Waals surface area contributed by atoms with Gasteiger partial charge in [0.2, 0.25) is 0 Å². The SMILES string of the molecule is CC(C)c1nc2c(c(Nc3ccc(C(C)(C)C)c(N)c3)n1)CCN(c1ncccc1C(F)(F)F)CC2. The van der Waals surface area contributed by atoms with Gasteiger partial charge in [0, 0.05) is 48.6 Å². The summed E-state index contributed by atoms with van der Waals surface area (Å²) in [6, 6.07) is 8.29. The fourth-order valence-corrected chi connectivity index (χ4v) is 4.52. The number of benzene rings is 1. The number of rotatable bonds is 4. The maximum atomic E-state index is 13.6. The predicted octanol–water partition coefficient (Wildman–Crippen LogP) is 6.24. The first-order valence-corrected chi connectivity index (χ1v) is 12.2. The molecule has 0 saturated heterocycles. The van der Waals surface area contributed by atoms with E-state index in [0.717, 1.165) is 28.6 Å². The Balaban J connectivity index is 1.68. The molecule has 0 amide bonds. The molecule has 192 valence electrons. The third kappa shape index (κ3) is 5.39. The number of halogens is 3. The molecule has 0 bridgehead atoms. The number of alkyl halides is 3. The highest BCUT2D eigenvalue weighted by atomic mass is 19.4. The monoisotopic (exact) mass is 498 g/mol. The lowest BCUT2D eigenvalue weighted by Gasteiger charge is -2.24. The van der Waals surface area contributed by atoms with Gasteiger partial charge in [-0.2, -0.15) is 13.2 Å². The summed E-state index contributed by atoms with van der Waals surface area (Å²) in [4.78, 5) is 15.4. The smallest absolute Gasteiger partial charge is 0.398 e. The molecule has 9 heteroatoms. The van der Waals surface area contributed by atoms with Crippen LogP contribution in [0.4, 0.5) is 36.2 Å². The van der Waals surface area contributed by atoms with Gasteiger partial charge in [0.05, 0.1) is 11.3 Å². The van der Waals surface area contributed by atoms with Gasteiger partial charge in [0.25, 0.3) is 0 Å². The lowest BCUT2D eigenvalue weighted by Crippen LogP contribution is -2.29. The number of nitrogens with one attached hydrogen (secondary N) is 1. The van der Waals surface area contributed by atoms with Crippen LogP contribution in [0.25, 0.3) is 0 Å². The van der Waals surface area contributed by atoms with Crippen molar-refractivity contribution in [1.29, 1.82) is 0 Å². The van der Waals surface area contributed by atoms with E-state index in [1.165, 1.54) is 12.3 Å². The Bertz CT molecular complexity index is 1250. The van der Waals surface area contributed by atoms with Gasteiger partial charge < -0.3 is 16.0 Å². The highest BCUT2D eigenvalue weighted by Crippen LogP contribution is 2.37. The largest absolute Gasteiger partial charge is 0.419 e. The molecule has 0 spiro atoms. The molecular weight excluding hydrogens is 465 g/mol. The third-order valence-electron chi connectivity index (χ3n) is 6.39. The Morgan fingerprint density at radius 3 is 2.36 bits per heavy atom. The summed E-state index contributed by atoms with van der Waals surface area (Å²) in [5.41, 5.74) is 9.87. The molecule has 3 N–H and O–H groups in total. The molecule has 0 atom stereocenters. The van der Waals surface area contributed by atoms with E-state index < -0.39 is 11.7 Å². The van der Waals surface area contributed by atoms with E-state index in [4.69, 9.17) is 15.7 Å². The summed E-state index contributed by atoms with van der Waals surface area (Å²) in [6.45, 7) is 11.1. The fourth-order valence-electron chi connectivity index (χ4n) is 4.52. The van der Waals surface area contributed by atoms with Crippen LogP contribution in [0.5, 0.6) is 0 Å². The first kappa shape index (κ1) is 25.7. The van der Waals surface area contributed by atoms with E-state index in [9.17, 15) is 13.2 Å². The van der Waals surface area contributed by atoms with Crippen molar-refractivity contribution in [3.05, 3.63) is 64.7 Å². The van der Waals surface area contributed by atoms with Gasteiger partial charge in [-0.3, -0.25) is 0 Å². The van der Waals surface area contributed by atoms with Crippen LogP contribution < -0.4 is 16.0 Å². The number of anilines is 4. The van der Waals surface area contributed by atoms with E-state index >= 15 is 0 Å². The Labute approximate surface area is 210 Å². The molecule has 1 aliphatic rings. The van der Waals surface area contributed by atoms with Crippen molar-refractivity contribution in [2.45, 2.75) is 65.0 Å². The minimum absolute atomic E-state index is 0.0464. The van der Waals surface area contributed by atoms with Crippen LogP contribution in [-0.2, 0) is 24.4 Å². The Morgan fingerprint density at radius 2 is 1.72 bits per heavy atom. The number of fused-ring (bicyclic) bond motifs is 1. The Hall–Kier alpha value is -3.36. The molecule has 1 aromatic carbocycles. The lowest BCUT2D eigenvalue weighted by atomic mass is 9.86. The van der Waals surface area contributed by atoms with E-state index in [2.05, 4.69) is 31.1 Å². The van der Waals surface area contributed by atoms with Crippen LogP contribution in [0.1, 0.15) is 68.7 Å². The van der Waals surface area contributed by atoms with Crippen molar-refractivity contribution in [3.63, 3.8) is 0 Å². The fraction of sp³-hybridized carbons (Fsp3) is 0.444. The van der Waals surface area contributed by atoms with Crippen molar-refractivity contribution in [2.24, 2.45) is 0 Å². The molecular formula is C27H33F3N6. The number of hydrogen-bond acceptors (Lipinski definition) is 6. The summed E-state index contributed by atoms with van der Waals surface area (Å²) in [6.07, 6.45) is -2.10. The molecule has 3 aromatic rings. The van der Waals surface area contributed by atoms with Crippen LogP contribution in [0.15, 0.2) is 36.5 Å². The zero-order valence-corrected chi connectivity index (χ0v) is 21.4. The van der Waals surface area contributed by atoms with Crippen molar-refractivity contribution < 1.29 is 13.2 Å². The minimum atomic E-state index is -4.47. The van der Waals surface area contributed by atoms with Crippen LogP contribution >= 0.6 is 0 Å². The highest BCUT2D eigenvalue weighted by Gasteiger charge is 2.36. The van der Waals surface area contributed by atoms with Gasteiger partial charge in [-0.05, 0) is 41.7 Å². The van der Waals surface area contributed by atoms with Crippen molar-refractivity contribution >= 4 is 23.0 Å². The van der Waals surface area contributed by atoms with E-state index in [0.29, 0.717) is 43.3 Å². The molecule has 0 aliphatic carbocycles. The standard InChI is InChI=1S/C27H33F3N6/c1-16(2)23-34-22-11-14-36(25-20(27(28,29)30)7-6-12-32-25)13-10-18(22)24(35-23)33-17-8-9-19(21(31)15-17)26(3,4)5/h6-9,12,15-16H,10-11,13-14,31H2,1-5H3,(H,33,34,35). The van der Waals surface area contributed by atoms with Crippen LogP contribution in [0.3, 0.4) is 0 Å². The average molecular weight is 499 g/mol. The quantitative estimate of drug-likeness (QED) is 0.415. The van der Waals surface area contributed by atoms with Gasteiger partial charge >= 0.3 is 6.18 Å². The average Bonchev–Trinajstić information content (AvgIpc) is 3.00. The topological polar surface area (TPSA) is 80.0 Å². The van der Waals surface area contributed by atoms with Crippen molar-refractivity contribution in [3.8, 4) is 0 Å². The Kier molecular flexibility index (Phi) is 6.86. The molecule has 1 aliphatic heterocycles. The van der Waals surface area contributed by atoms with Crippen LogP contribution in [0, 0.1) is 0 Å². The minimum Gasteiger partial charge on any atom is -0.398 e. The summed E-state index contributed by atoms with van der Waals surface area (Å²) < 4.78 is 40.9. The zero-order chi connectivity index (χ0) is 26.3. The zero-order valence-electron chi connectivity index (χ0n) is 21.4. The first-order chi connectivity index (χ1) is 16.8. The number of nitrogen functional groups attached to an aromatic ring is 1.